The second kappa shape index (κ2) is 4.75. The molecule has 2 aliphatic heterocycles. The molecule has 0 radical (unpaired) electrons. The predicted molar refractivity (Wildman–Crippen MR) is 53.0 cm³/mol. The fourth-order valence-electron chi connectivity index (χ4n) is 2.04. The molecule has 80 valence electrons. The van der Waals surface area contributed by atoms with Crippen molar-refractivity contribution in [2.45, 2.75) is 25.3 Å². The summed E-state index contributed by atoms with van der Waals surface area (Å²) < 4.78 is 5.19. The van der Waals surface area contributed by atoms with Crippen molar-refractivity contribution in [1.82, 2.24) is 10.6 Å². The number of nitrogens with one attached hydrogen (secondary N) is 2. The maximum absolute atomic E-state index is 11.7. The van der Waals surface area contributed by atoms with Crippen LogP contribution in [0, 0.1) is 5.92 Å². The van der Waals surface area contributed by atoms with E-state index >= 15 is 0 Å². The molecule has 2 fully saturated rings. The van der Waals surface area contributed by atoms with Crippen LogP contribution in [0.15, 0.2) is 0 Å². The molecule has 1 amide bonds. The van der Waals surface area contributed by atoms with Crippen molar-refractivity contribution < 1.29 is 9.53 Å². The maximum atomic E-state index is 11.7. The van der Waals surface area contributed by atoms with Crippen LogP contribution < -0.4 is 10.6 Å². The number of ether oxygens (including phenoxy) is 1. The molecule has 4 nitrogen and oxygen atoms in total. The first-order valence-electron chi connectivity index (χ1n) is 5.45. The third-order valence-electron chi connectivity index (χ3n) is 2.94. The fourth-order valence-corrected chi connectivity index (χ4v) is 2.04. The van der Waals surface area contributed by atoms with Gasteiger partial charge in [0.25, 0.3) is 0 Å². The number of hydrogen-bond donors (Lipinski definition) is 2. The molecule has 1 unspecified atom stereocenters. The Hall–Kier alpha value is -0.610. The van der Waals surface area contributed by atoms with Crippen molar-refractivity contribution in [2.75, 3.05) is 26.3 Å². The molecule has 2 atom stereocenters. The minimum absolute atomic E-state index is 0.0944. The van der Waals surface area contributed by atoms with Gasteiger partial charge in [-0.05, 0) is 25.8 Å². The lowest BCUT2D eigenvalue weighted by molar-refractivity contribution is -0.125. The van der Waals surface area contributed by atoms with Gasteiger partial charge in [0, 0.05) is 19.2 Å². The highest BCUT2D eigenvalue weighted by Gasteiger charge is 2.25. The molecule has 0 aromatic heterocycles. The van der Waals surface area contributed by atoms with Gasteiger partial charge in [0.1, 0.15) is 0 Å². The lowest BCUT2D eigenvalue weighted by Crippen LogP contribution is -2.47. The Morgan fingerprint density at radius 2 is 2.36 bits per heavy atom. The SMILES string of the molecule is O=C(N[C@H]1CCCNC1)C1CCOC1. The van der Waals surface area contributed by atoms with Crippen LogP contribution in [0.2, 0.25) is 0 Å². The van der Waals surface area contributed by atoms with E-state index in [-0.39, 0.29) is 11.8 Å². The highest BCUT2D eigenvalue weighted by atomic mass is 16.5. The zero-order valence-corrected chi connectivity index (χ0v) is 8.42. The van der Waals surface area contributed by atoms with Gasteiger partial charge in [0.2, 0.25) is 5.91 Å². The smallest absolute Gasteiger partial charge is 0.225 e. The fraction of sp³-hybridized carbons (Fsp3) is 0.900. The minimum Gasteiger partial charge on any atom is -0.381 e. The molecule has 2 N–H and O–H groups in total. The summed E-state index contributed by atoms with van der Waals surface area (Å²) in [5, 5.41) is 6.36. The summed E-state index contributed by atoms with van der Waals surface area (Å²) in [4.78, 5) is 11.7. The first-order chi connectivity index (χ1) is 6.86. The Labute approximate surface area is 84.4 Å². The second-order valence-corrected chi connectivity index (χ2v) is 4.11. The number of hydrogen-bond acceptors (Lipinski definition) is 3. The van der Waals surface area contributed by atoms with Gasteiger partial charge in [0.15, 0.2) is 0 Å². The summed E-state index contributed by atoms with van der Waals surface area (Å²) in [6, 6.07) is 0.330. The van der Waals surface area contributed by atoms with Crippen molar-refractivity contribution >= 4 is 5.91 Å². The summed E-state index contributed by atoms with van der Waals surface area (Å²) in [6.07, 6.45) is 3.14. The van der Waals surface area contributed by atoms with E-state index in [0.717, 1.165) is 39.0 Å². The average molecular weight is 198 g/mol. The van der Waals surface area contributed by atoms with Crippen LogP contribution in [-0.4, -0.2) is 38.3 Å². The Balaban J connectivity index is 1.75. The molecule has 0 bridgehead atoms. The van der Waals surface area contributed by atoms with Crippen LogP contribution in [0.25, 0.3) is 0 Å². The summed E-state index contributed by atoms with van der Waals surface area (Å²) in [7, 11) is 0. The van der Waals surface area contributed by atoms with Crippen molar-refractivity contribution in [3.05, 3.63) is 0 Å². The minimum atomic E-state index is 0.0944. The third kappa shape index (κ3) is 2.45. The number of carbonyl (C=O) groups is 1. The molecule has 4 heteroatoms. The topological polar surface area (TPSA) is 50.4 Å². The molecule has 0 aromatic rings. The van der Waals surface area contributed by atoms with E-state index in [2.05, 4.69) is 10.6 Å². The highest BCUT2D eigenvalue weighted by Crippen LogP contribution is 2.13. The normalized spacial score (nSPS) is 32.9. The highest BCUT2D eigenvalue weighted by molar-refractivity contribution is 5.79. The lowest BCUT2D eigenvalue weighted by Gasteiger charge is -2.24. The van der Waals surface area contributed by atoms with E-state index < -0.39 is 0 Å². The van der Waals surface area contributed by atoms with E-state index in [0.29, 0.717) is 12.6 Å². The van der Waals surface area contributed by atoms with Gasteiger partial charge in [-0.25, -0.2) is 0 Å². The molecule has 2 aliphatic rings. The van der Waals surface area contributed by atoms with Crippen LogP contribution in [-0.2, 0) is 9.53 Å². The molecule has 0 spiro atoms. The standard InChI is InChI=1S/C10H18N2O2/c13-10(8-3-5-14-7-8)12-9-2-1-4-11-6-9/h8-9,11H,1-7H2,(H,12,13)/t8?,9-/m0/s1. The van der Waals surface area contributed by atoms with Gasteiger partial charge in [-0.1, -0.05) is 0 Å². The zero-order chi connectivity index (χ0) is 9.80. The van der Waals surface area contributed by atoms with Gasteiger partial charge in [-0.3, -0.25) is 4.79 Å². The van der Waals surface area contributed by atoms with E-state index in [4.69, 9.17) is 4.74 Å². The van der Waals surface area contributed by atoms with Gasteiger partial charge in [-0.2, -0.15) is 0 Å². The Morgan fingerprint density at radius 1 is 1.43 bits per heavy atom. The van der Waals surface area contributed by atoms with Gasteiger partial charge >= 0.3 is 0 Å². The van der Waals surface area contributed by atoms with Crippen molar-refractivity contribution in [3.63, 3.8) is 0 Å². The van der Waals surface area contributed by atoms with E-state index in [1.807, 2.05) is 0 Å². The zero-order valence-electron chi connectivity index (χ0n) is 8.42. The molecule has 0 aliphatic carbocycles. The second-order valence-electron chi connectivity index (χ2n) is 4.11. The molecular weight excluding hydrogens is 180 g/mol. The van der Waals surface area contributed by atoms with Crippen LogP contribution >= 0.6 is 0 Å². The summed E-state index contributed by atoms with van der Waals surface area (Å²) in [5.74, 6) is 0.271. The van der Waals surface area contributed by atoms with Crippen LogP contribution in [0.3, 0.4) is 0 Å². The Morgan fingerprint density at radius 3 is 3.00 bits per heavy atom. The number of carbonyl (C=O) groups excluding carboxylic acids is 1. The van der Waals surface area contributed by atoms with Crippen LogP contribution in [0.4, 0.5) is 0 Å². The van der Waals surface area contributed by atoms with Gasteiger partial charge < -0.3 is 15.4 Å². The van der Waals surface area contributed by atoms with Crippen molar-refractivity contribution in [2.24, 2.45) is 5.92 Å². The number of piperidine rings is 1. The Bertz CT molecular complexity index is 196. The first kappa shape index (κ1) is 9.93. The lowest BCUT2D eigenvalue weighted by atomic mass is 10.0. The maximum Gasteiger partial charge on any atom is 0.225 e. The summed E-state index contributed by atoms with van der Waals surface area (Å²) in [6.45, 7) is 3.34. The Kier molecular flexibility index (Phi) is 3.37. The van der Waals surface area contributed by atoms with Gasteiger partial charge in [-0.15, -0.1) is 0 Å². The number of amides is 1. The molecule has 0 aromatic carbocycles. The molecule has 2 rings (SSSR count). The largest absolute Gasteiger partial charge is 0.381 e. The third-order valence-corrected chi connectivity index (χ3v) is 2.94. The molecular formula is C10H18N2O2. The van der Waals surface area contributed by atoms with E-state index in [1.165, 1.54) is 0 Å². The summed E-state index contributed by atoms with van der Waals surface area (Å²) >= 11 is 0. The van der Waals surface area contributed by atoms with Crippen LogP contribution in [0.1, 0.15) is 19.3 Å². The first-order valence-corrected chi connectivity index (χ1v) is 5.45. The molecule has 2 heterocycles. The predicted octanol–water partition coefficient (Wildman–Crippen LogP) is -0.109. The van der Waals surface area contributed by atoms with E-state index in [1.54, 1.807) is 0 Å². The number of rotatable bonds is 2. The average Bonchev–Trinajstić information content (AvgIpc) is 2.72. The van der Waals surface area contributed by atoms with E-state index in [9.17, 15) is 4.79 Å². The molecule has 0 saturated carbocycles. The molecule has 2 saturated heterocycles. The monoisotopic (exact) mass is 198 g/mol. The van der Waals surface area contributed by atoms with Gasteiger partial charge in [0.05, 0.1) is 12.5 Å². The van der Waals surface area contributed by atoms with Crippen LogP contribution in [0.5, 0.6) is 0 Å². The van der Waals surface area contributed by atoms with Crippen molar-refractivity contribution in [1.29, 1.82) is 0 Å². The van der Waals surface area contributed by atoms with Crippen molar-refractivity contribution in [3.8, 4) is 0 Å². The quantitative estimate of drug-likeness (QED) is 0.651. The summed E-state index contributed by atoms with van der Waals surface area (Å²) in [5.41, 5.74) is 0. The molecule has 14 heavy (non-hydrogen) atoms.